The van der Waals surface area contributed by atoms with Crippen molar-refractivity contribution in [3.63, 3.8) is 0 Å². The van der Waals surface area contributed by atoms with Gasteiger partial charge in [0, 0.05) is 17.8 Å². The number of rotatable bonds is 4. The van der Waals surface area contributed by atoms with Crippen molar-refractivity contribution in [1.82, 2.24) is 10.9 Å². The molecule has 0 aromatic rings. The molecule has 5 fully saturated rings. The van der Waals surface area contributed by atoms with Gasteiger partial charge in [-0.25, -0.2) is 0 Å². The second-order valence-corrected chi connectivity index (χ2v) is 8.33. The first-order valence-corrected chi connectivity index (χ1v) is 8.66. The van der Waals surface area contributed by atoms with Crippen LogP contribution in [0.1, 0.15) is 51.4 Å². The number of hydrogen-bond acceptors (Lipinski definition) is 4. The molecule has 7 nitrogen and oxygen atoms in total. The first-order valence-electron chi connectivity index (χ1n) is 8.66. The standard InChI is InChI=1S/C16H23N3O4/c20-14(17-18-15(21)12-4-13(12)19(22)23)8-16-5-9-1-10(6-16)3-11(2-9)7-16/h9-13H,1-8H2,(H,17,20)(H,18,21)/t9?,10?,11?,12-,13+,16?/m0/s1. The Labute approximate surface area is 134 Å². The fraction of sp³-hybridized carbons (Fsp3) is 0.875. The van der Waals surface area contributed by atoms with Crippen molar-refractivity contribution in [3.8, 4) is 0 Å². The molecule has 0 saturated heterocycles. The van der Waals surface area contributed by atoms with Gasteiger partial charge in [0.15, 0.2) is 0 Å². The quantitative estimate of drug-likeness (QED) is 0.603. The highest BCUT2D eigenvalue weighted by Gasteiger charge is 2.54. The largest absolute Gasteiger partial charge is 0.273 e. The Kier molecular flexibility index (Phi) is 3.35. The monoisotopic (exact) mass is 321 g/mol. The summed E-state index contributed by atoms with van der Waals surface area (Å²) < 4.78 is 0. The summed E-state index contributed by atoms with van der Waals surface area (Å²) in [6.45, 7) is 0. The summed E-state index contributed by atoms with van der Waals surface area (Å²) in [6, 6.07) is -0.782. The minimum absolute atomic E-state index is 0.131. The molecule has 5 saturated carbocycles. The number of nitrogens with zero attached hydrogens (tertiary/aromatic N) is 1. The van der Waals surface area contributed by atoms with Crippen molar-refractivity contribution in [3.05, 3.63) is 10.1 Å². The van der Waals surface area contributed by atoms with Crippen molar-refractivity contribution in [2.45, 2.75) is 57.4 Å². The number of hydrazine groups is 1. The molecular formula is C16H23N3O4. The zero-order chi connectivity index (χ0) is 16.2. The smallest absolute Gasteiger partial charge is 0.248 e. The first-order chi connectivity index (χ1) is 10.9. The molecule has 0 aromatic heterocycles. The summed E-state index contributed by atoms with van der Waals surface area (Å²) in [5.41, 5.74) is 4.98. The number of nitrogens with one attached hydrogen (secondary N) is 2. The van der Waals surface area contributed by atoms with Gasteiger partial charge in [-0.1, -0.05) is 0 Å². The van der Waals surface area contributed by atoms with Crippen LogP contribution in [0, 0.1) is 39.2 Å². The molecule has 5 aliphatic carbocycles. The van der Waals surface area contributed by atoms with E-state index in [1.807, 2.05) is 0 Å². The highest BCUT2D eigenvalue weighted by Crippen LogP contribution is 2.61. The average Bonchev–Trinajstić information content (AvgIpc) is 3.23. The maximum Gasteiger partial charge on any atom is 0.248 e. The van der Waals surface area contributed by atoms with E-state index in [1.54, 1.807) is 0 Å². The van der Waals surface area contributed by atoms with Gasteiger partial charge >= 0.3 is 0 Å². The van der Waals surface area contributed by atoms with E-state index in [4.69, 9.17) is 0 Å². The van der Waals surface area contributed by atoms with E-state index in [-0.39, 0.29) is 17.7 Å². The molecule has 5 rings (SSSR count). The third-order valence-corrected chi connectivity index (χ3v) is 6.39. The van der Waals surface area contributed by atoms with Crippen molar-refractivity contribution < 1.29 is 14.5 Å². The number of carbonyl (C=O) groups is 2. The van der Waals surface area contributed by atoms with Gasteiger partial charge in [0.25, 0.3) is 0 Å². The number of nitro groups is 1. The van der Waals surface area contributed by atoms with Gasteiger partial charge in [0.1, 0.15) is 5.92 Å². The van der Waals surface area contributed by atoms with E-state index in [0.717, 1.165) is 37.0 Å². The van der Waals surface area contributed by atoms with Crippen LogP contribution in [0.4, 0.5) is 0 Å². The molecule has 2 amide bonds. The zero-order valence-electron chi connectivity index (χ0n) is 13.1. The zero-order valence-corrected chi connectivity index (χ0v) is 13.1. The fourth-order valence-electron chi connectivity index (χ4n) is 5.81. The molecule has 126 valence electrons. The van der Waals surface area contributed by atoms with Gasteiger partial charge in [-0.3, -0.25) is 30.6 Å². The second kappa shape index (κ2) is 5.18. The van der Waals surface area contributed by atoms with Gasteiger partial charge < -0.3 is 0 Å². The minimum Gasteiger partial charge on any atom is -0.273 e. The van der Waals surface area contributed by atoms with Crippen LogP contribution in [0.2, 0.25) is 0 Å². The topological polar surface area (TPSA) is 101 Å². The Morgan fingerprint density at radius 1 is 1.00 bits per heavy atom. The molecule has 7 heteroatoms. The average molecular weight is 321 g/mol. The molecule has 5 aliphatic rings. The van der Waals surface area contributed by atoms with Crippen molar-refractivity contribution in [1.29, 1.82) is 0 Å². The molecule has 4 bridgehead atoms. The van der Waals surface area contributed by atoms with Gasteiger partial charge in [0.05, 0.1) is 0 Å². The summed E-state index contributed by atoms with van der Waals surface area (Å²) in [5.74, 6) is 1.18. The van der Waals surface area contributed by atoms with Gasteiger partial charge in [-0.05, 0) is 61.7 Å². The van der Waals surface area contributed by atoms with Gasteiger partial charge in [-0.15, -0.1) is 0 Å². The summed E-state index contributed by atoms with van der Waals surface area (Å²) >= 11 is 0. The van der Waals surface area contributed by atoms with Crippen LogP contribution in [0.25, 0.3) is 0 Å². The van der Waals surface area contributed by atoms with Crippen LogP contribution in [-0.2, 0) is 9.59 Å². The highest BCUT2D eigenvalue weighted by molar-refractivity contribution is 5.85. The Morgan fingerprint density at radius 2 is 1.57 bits per heavy atom. The lowest BCUT2D eigenvalue weighted by molar-refractivity contribution is -0.497. The minimum atomic E-state index is -0.782. The van der Waals surface area contributed by atoms with E-state index in [0.29, 0.717) is 6.42 Å². The van der Waals surface area contributed by atoms with Crippen LogP contribution >= 0.6 is 0 Å². The number of hydrogen-bond donors (Lipinski definition) is 2. The van der Waals surface area contributed by atoms with Crippen LogP contribution in [0.15, 0.2) is 0 Å². The Hall–Kier alpha value is -1.66. The first kappa shape index (κ1) is 14.9. The molecule has 2 N–H and O–H groups in total. The molecule has 0 heterocycles. The number of amides is 2. The van der Waals surface area contributed by atoms with Crippen LogP contribution in [-0.4, -0.2) is 22.8 Å². The summed E-state index contributed by atoms with van der Waals surface area (Å²) in [7, 11) is 0. The van der Waals surface area contributed by atoms with Crippen LogP contribution < -0.4 is 10.9 Å². The SMILES string of the molecule is O=C(CC12CC3CC(CC(C3)C1)C2)NNC(=O)[C@H]1C[C@H]1[N+](=O)[O-]. The molecule has 2 atom stereocenters. The predicted octanol–water partition coefficient (Wildman–Crippen LogP) is 1.41. The molecule has 0 unspecified atom stereocenters. The molecule has 0 radical (unpaired) electrons. The Bertz CT molecular complexity index is 526. The van der Waals surface area contributed by atoms with E-state index in [2.05, 4.69) is 10.9 Å². The van der Waals surface area contributed by atoms with Crippen molar-refractivity contribution in [2.24, 2.45) is 29.1 Å². The maximum atomic E-state index is 12.2. The Morgan fingerprint density at radius 3 is 2.04 bits per heavy atom. The van der Waals surface area contributed by atoms with Gasteiger partial charge in [-0.2, -0.15) is 0 Å². The van der Waals surface area contributed by atoms with E-state index >= 15 is 0 Å². The lowest BCUT2D eigenvalue weighted by Gasteiger charge is -2.56. The van der Waals surface area contributed by atoms with Crippen molar-refractivity contribution >= 4 is 11.8 Å². The van der Waals surface area contributed by atoms with E-state index < -0.39 is 22.8 Å². The molecular weight excluding hydrogens is 298 g/mol. The lowest BCUT2D eigenvalue weighted by Crippen LogP contribution is -2.50. The Balaban J connectivity index is 1.28. The third kappa shape index (κ3) is 2.81. The molecule has 0 aromatic carbocycles. The second-order valence-electron chi connectivity index (χ2n) is 8.33. The summed E-state index contributed by atoms with van der Waals surface area (Å²) in [5, 5.41) is 10.6. The number of carbonyl (C=O) groups excluding carboxylic acids is 2. The third-order valence-electron chi connectivity index (χ3n) is 6.39. The summed E-state index contributed by atoms with van der Waals surface area (Å²) in [4.78, 5) is 34.1. The molecule has 0 spiro atoms. The van der Waals surface area contributed by atoms with Crippen molar-refractivity contribution in [2.75, 3.05) is 0 Å². The van der Waals surface area contributed by atoms with E-state index in [9.17, 15) is 19.7 Å². The van der Waals surface area contributed by atoms with E-state index in [1.165, 1.54) is 19.3 Å². The fourth-order valence-corrected chi connectivity index (χ4v) is 5.81. The molecule has 23 heavy (non-hydrogen) atoms. The summed E-state index contributed by atoms with van der Waals surface area (Å²) in [6.07, 6.45) is 8.18. The highest BCUT2D eigenvalue weighted by atomic mass is 16.6. The molecule has 0 aliphatic heterocycles. The predicted molar refractivity (Wildman–Crippen MR) is 80.4 cm³/mol. The lowest BCUT2D eigenvalue weighted by atomic mass is 9.49. The van der Waals surface area contributed by atoms with Crippen LogP contribution in [0.5, 0.6) is 0 Å². The van der Waals surface area contributed by atoms with Gasteiger partial charge in [0.2, 0.25) is 17.9 Å². The van der Waals surface area contributed by atoms with Crippen LogP contribution in [0.3, 0.4) is 0 Å². The normalized spacial score (nSPS) is 43.0. The maximum absolute atomic E-state index is 12.2.